The molecule has 2 aromatic carbocycles. The highest BCUT2D eigenvalue weighted by Crippen LogP contribution is 2.57. The molecular formula is C23H20N4O4S. The van der Waals surface area contributed by atoms with Crippen molar-refractivity contribution in [3.8, 4) is 5.75 Å². The van der Waals surface area contributed by atoms with Gasteiger partial charge in [-0.2, -0.15) is 0 Å². The maximum atomic E-state index is 13.6. The van der Waals surface area contributed by atoms with Crippen LogP contribution >= 0.6 is 10.8 Å². The van der Waals surface area contributed by atoms with Crippen molar-refractivity contribution in [3.05, 3.63) is 93.9 Å². The molecule has 0 atom stereocenters. The van der Waals surface area contributed by atoms with E-state index in [0.29, 0.717) is 22.3 Å². The number of hydrogen-bond acceptors (Lipinski definition) is 7. The first-order valence-corrected chi connectivity index (χ1v) is 11.4. The van der Waals surface area contributed by atoms with E-state index in [0.717, 1.165) is 5.56 Å². The Hall–Kier alpha value is -3.66. The van der Waals surface area contributed by atoms with E-state index in [1.54, 1.807) is 43.5 Å². The van der Waals surface area contributed by atoms with E-state index in [9.17, 15) is 19.0 Å². The van der Waals surface area contributed by atoms with Crippen molar-refractivity contribution in [1.82, 2.24) is 9.55 Å². The predicted molar refractivity (Wildman–Crippen MR) is 126 cm³/mol. The smallest absolute Gasteiger partial charge is 0.267 e. The zero-order chi connectivity index (χ0) is 22.5. The number of aromatic hydroxyl groups is 1. The van der Waals surface area contributed by atoms with Gasteiger partial charge in [0.1, 0.15) is 21.9 Å². The van der Waals surface area contributed by atoms with Crippen LogP contribution in [0.5, 0.6) is 5.75 Å². The molecule has 4 aromatic rings. The fourth-order valence-corrected chi connectivity index (χ4v) is 5.33. The Labute approximate surface area is 185 Å². The highest BCUT2D eigenvalue weighted by Gasteiger charge is 2.31. The lowest BCUT2D eigenvalue weighted by Crippen LogP contribution is -2.32. The van der Waals surface area contributed by atoms with Gasteiger partial charge >= 0.3 is 0 Å². The largest absolute Gasteiger partial charge is 0.506 e. The minimum absolute atomic E-state index is 0.0989. The molecule has 0 saturated heterocycles. The number of benzene rings is 2. The number of nitrogens with zero attached hydrogens (tertiary/aromatic N) is 3. The average Bonchev–Trinajstić information content (AvgIpc) is 2.77. The molecule has 0 saturated carbocycles. The van der Waals surface area contributed by atoms with Gasteiger partial charge in [-0.15, -0.1) is 4.40 Å². The molecule has 3 heterocycles. The SMILES string of the molecule is Cc1cccc2c1S(O)(O)N=C(c1c(O)c3cccnc3n(Cc3ccccc3)c1=O)N2. The van der Waals surface area contributed by atoms with Crippen molar-refractivity contribution in [2.75, 3.05) is 5.32 Å². The Morgan fingerprint density at radius 1 is 1.03 bits per heavy atom. The summed E-state index contributed by atoms with van der Waals surface area (Å²) in [5.74, 6) is -0.418. The molecule has 9 heteroatoms. The molecule has 8 nitrogen and oxygen atoms in total. The number of aryl methyl sites for hydroxylation is 1. The summed E-state index contributed by atoms with van der Waals surface area (Å²) < 4.78 is 27.0. The third kappa shape index (κ3) is 3.23. The molecule has 1 aliphatic heterocycles. The van der Waals surface area contributed by atoms with Gasteiger partial charge in [0.15, 0.2) is 5.84 Å². The molecule has 4 N–H and O–H groups in total. The van der Waals surface area contributed by atoms with E-state index in [1.165, 1.54) is 4.57 Å². The molecular weight excluding hydrogens is 428 g/mol. The van der Waals surface area contributed by atoms with Crippen LogP contribution < -0.4 is 10.9 Å². The Kier molecular flexibility index (Phi) is 4.74. The molecule has 0 radical (unpaired) electrons. The van der Waals surface area contributed by atoms with Crippen LogP contribution in [-0.2, 0) is 6.54 Å². The fourth-order valence-electron chi connectivity index (χ4n) is 3.94. The lowest BCUT2D eigenvalue weighted by molar-refractivity contribution is 0.477. The third-order valence-electron chi connectivity index (χ3n) is 5.37. The summed E-state index contributed by atoms with van der Waals surface area (Å²) >= 11 is 0. The normalized spacial score (nSPS) is 15.5. The van der Waals surface area contributed by atoms with E-state index < -0.39 is 16.3 Å². The molecule has 32 heavy (non-hydrogen) atoms. The molecule has 0 spiro atoms. The van der Waals surface area contributed by atoms with Crippen molar-refractivity contribution in [3.63, 3.8) is 0 Å². The third-order valence-corrected chi connectivity index (χ3v) is 6.90. The summed E-state index contributed by atoms with van der Waals surface area (Å²) in [4.78, 5) is 18.2. The summed E-state index contributed by atoms with van der Waals surface area (Å²) in [6.45, 7) is 1.97. The van der Waals surface area contributed by atoms with Crippen molar-refractivity contribution < 1.29 is 14.2 Å². The predicted octanol–water partition coefficient (Wildman–Crippen LogP) is 4.36. The summed E-state index contributed by atoms with van der Waals surface area (Å²) in [7, 11) is -3.58. The summed E-state index contributed by atoms with van der Waals surface area (Å²) in [5.41, 5.74) is 1.59. The molecule has 0 bridgehead atoms. The van der Waals surface area contributed by atoms with Crippen LogP contribution in [0.1, 0.15) is 16.7 Å². The highest BCUT2D eigenvalue weighted by molar-refractivity contribution is 8.23. The molecule has 0 amide bonds. The first-order chi connectivity index (χ1) is 15.4. The summed E-state index contributed by atoms with van der Waals surface area (Å²) in [5, 5.41) is 14.4. The minimum Gasteiger partial charge on any atom is -0.506 e. The second-order valence-electron chi connectivity index (χ2n) is 7.51. The van der Waals surface area contributed by atoms with Crippen molar-refractivity contribution in [2.24, 2.45) is 4.40 Å². The van der Waals surface area contributed by atoms with Crippen molar-refractivity contribution >= 4 is 33.3 Å². The van der Waals surface area contributed by atoms with Crippen LogP contribution in [0.4, 0.5) is 5.69 Å². The molecule has 5 rings (SSSR count). The molecule has 162 valence electrons. The van der Waals surface area contributed by atoms with Gasteiger partial charge in [-0.05, 0) is 36.2 Å². The van der Waals surface area contributed by atoms with Crippen LogP contribution in [0.25, 0.3) is 11.0 Å². The summed E-state index contributed by atoms with van der Waals surface area (Å²) in [6, 6.07) is 17.9. The van der Waals surface area contributed by atoms with Crippen LogP contribution in [-0.4, -0.2) is 29.6 Å². The summed E-state index contributed by atoms with van der Waals surface area (Å²) in [6.07, 6.45) is 1.55. The van der Waals surface area contributed by atoms with Gasteiger partial charge in [0.25, 0.3) is 5.56 Å². The Bertz CT molecular complexity index is 1450. The number of fused-ring (bicyclic) bond motifs is 2. The van der Waals surface area contributed by atoms with Crippen LogP contribution in [0.3, 0.4) is 0 Å². The number of anilines is 1. The quantitative estimate of drug-likeness (QED) is 0.370. The van der Waals surface area contributed by atoms with Gasteiger partial charge in [-0.1, -0.05) is 53.2 Å². The lowest BCUT2D eigenvalue weighted by atomic mass is 10.1. The molecule has 2 aromatic heterocycles. The van der Waals surface area contributed by atoms with Gasteiger partial charge in [0, 0.05) is 6.20 Å². The number of hydrogen-bond donors (Lipinski definition) is 4. The second kappa shape index (κ2) is 7.49. The number of aromatic nitrogens is 2. The van der Waals surface area contributed by atoms with Gasteiger partial charge < -0.3 is 10.4 Å². The first kappa shape index (κ1) is 20.3. The van der Waals surface area contributed by atoms with Crippen molar-refractivity contribution in [2.45, 2.75) is 18.4 Å². The minimum atomic E-state index is -3.58. The number of pyridine rings is 2. The molecule has 0 unspecified atom stereocenters. The van der Waals surface area contributed by atoms with E-state index in [1.807, 2.05) is 30.3 Å². The average molecular weight is 449 g/mol. The molecule has 1 aliphatic rings. The number of rotatable bonds is 3. The second-order valence-corrected chi connectivity index (χ2v) is 9.14. The highest BCUT2D eigenvalue weighted by atomic mass is 32.3. The van der Waals surface area contributed by atoms with Gasteiger partial charge in [0.05, 0.1) is 17.6 Å². The molecule has 0 aliphatic carbocycles. The van der Waals surface area contributed by atoms with Crippen LogP contribution in [0, 0.1) is 6.92 Å². The maximum absolute atomic E-state index is 13.6. The van der Waals surface area contributed by atoms with Gasteiger partial charge in [0.2, 0.25) is 0 Å². The van der Waals surface area contributed by atoms with Gasteiger partial charge in [-0.3, -0.25) is 18.5 Å². The Morgan fingerprint density at radius 2 is 1.81 bits per heavy atom. The fraction of sp³-hybridized carbons (Fsp3) is 0.0870. The topological polar surface area (TPSA) is 120 Å². The van der Waals surface area contributed by atoms with E-state index in [-0.39, 0.29) is 28.6 Å². The van der Waals surface area contributed by atoms with Crippen LogP contribution in [0.2, 0.25) is 0 Å². The Morgan fingerprint density at radius 3 is 2.59 bits per heavy atom. The van der Waals surface area contributed by atoms with E-state index in [4.69, 9.17) is 0 Å². The van der Waals surface area contributed by atoms with Crippen molar-refractivity contribution in [1.29, 1.82) is 0 Å². The zero-order valence-corrected chi connectivity index (χ0v) is 17.9. The molecule has 0 fully saturated rings. The first-order valence-electron chi connectivity index (χ1n) is 9.86. The standard InChI is InChI=1S/C23H20N4O4S/c1-14-7-5-11-17-20(14)32(30,31)26-21(25-17)18-19(28)16-10-6-12-24-22(16)27(23(18)29)13-15-8-3-2-4-9-15/h2-12,28,30-31H,13H2,1H3,(H,25,26). The van der Waals surface area contributed by atoms with Gasteiger partial charge in [-0.25, -0.2) is 4.98 Å². The van der Waals surface area contributed by atoms with Crippen LogP contribution in [0.15, 0.2) is 80.9 Å². The van der Waals surface area contributed by atoms with E-state index in [2.05, 4.69) is 14.7 Å². The Balaban J connectivity index is 1.76. The monoisotopic (exact) mass is 448 g/mol. The number of amidine groups is 1. The maximum Gasteiger partial charge on any atom is 0.267 e. The number of nitrogens with one attached hydrogen (secondary N) is 1. The lowest BCUT2D eigenvalue weighted by Gasteiger charge is -2.35. The van der Waals surface area contributed by atoms with E-state index >= 15 is 0 Å². The zero-order valence-electron chi connectivity index (χ0n) is 17.1.